The number of carbonyl (C=O) groups is 1. The Balaban J connectivity index is 1.68. The van der Waals surface area contributed by atoms with E-state index in [1.54, 1.807) is 36.5 Å². The van der Waals surface area contributed by atoms with Crippen molar-refractivity contribution in [3.8, 4) is 6.07 Å². The molecule has 0 spiro atoms. The van der Waals surface area contributed by atoms with Crippen LogP contribution in [0.25, 0.3) is 0 Å². The van der Waals surface area contributed by atoms with Gasteiger partial charge in [0.25, 0.3) is 5.91 Å². The van der Waals surface area contributed by atoms with Gasteiger partial charge in [0.2, 0.25) is 0 Å². The zero-order valence-electron chi connectivity index (χ0n) is 13.4. The van der Waals surface area contributed by atoms with Crippen LogP contribution < -0.4 is 10.6 Å². The number of hydrogen-bond acceptors (Lipinski definition) is 4. The van der Waals surface area contributed by atoms with Crippen molar-refractivity contribution in [1.29, 1.82) is 5.26 Å². The van der Waals surface area contributed by atoms with E-state index >= 15 is 0 Å². The standard InChI is InChI=1S/C20H16N4O/c21-13-16-7-4-8-17(11-16)24-18-9-10-22-19(12-18)20(25)23-14-15-5-2-1-3-6-15/h1-12H,14H2,(H,22,24)(H,23,25). The average molecular weight is 328 g/mol. The SMILES string of the molecule is N#Cc1cccc(Nc2ccnc(C(=O)NCc3ccccc3)c2)c1. The summed E-state index contributed by atoms with van der Waals surface area (Å²) in [5.41, 5.74) is 3.44. The zero-order valence-corrected chi connectivity index (χ0v) is 13.4. The van der Waals surface area contributed by atoms with Gasteiger partial charge in [-0.05, 0) is 35.9 Å². The van der Waals surface area contributed by atoms with Crippen LogP contribution in [-0.2, 0) is 6.54 Å². The highest BCUT2D eigenvalue weighted by atomic mass is 16.1. The molecular weight excluding hydrogens is 312 g/mol. The number of rotatable bonds is 5. The van der Waals surface area contributed by atoms with Crippen LogP contribution in [0, 0.1) is 11.3 Å². The lowest BCUT2D eigenvalue weighted by atomic mass is 10.2. The molecule has 1 heterocycles. The van der Waals surface area contributed by atoms with Crippen LogP contribution in [0.2, 0.25) is 0 Å². The van der Waals surface area contributed by atoms with E-state index in [0.29, 0.717) is 17.8 Å². The molecule has 0 saturated heterocycles. The fourth-order valence-corrected chi connectivity index (χ4v) is 2.33. The summed E-state index contributed by atoms with van der Waals surface area (Å²) in [4.78, 5) is 16.4. The first kappa shape index (κ1) is 16.2. The highest BCUT2D eigenvalue weighted by Crippen LogP contribution is 2.17. The number of amides is 1. The molecule has 2 N–H and O–H groups in total. The number of carbonyl (C=O) groups excluding carboxylic acids is 1. The van der Waals surface area contributed by atoms with Crippen molar-refractivity contribution in [2.45, 2.75) is 6.54 Å². The zero-order chi connectivity index (χ0) is 17.5. The molecule has 1 aromatic heterocycles. The van der Waals surface area contributed by atoms with E-state index in [9.17, 15) is 4.79 Å². The summed E-state index contributed by atoms with van der Waals surface area (Å²) in [7, 11) is 0. The monoisotopic (exact) mass is 328 g/mol. The van der Waals surface area contributed by atoms with Gasteiger partial charge in [0.05, 0.1) is 11.6 Å². The predicted molar refractivity (Wildman–Crippen MR) is 96.3 cm³/mol. The molecule has 0 radical (unpaired) electrons. The van der Waals surface area contributed by atoms with Crippen molar-refractivity contribution in [2.24, 2.45) is 0 Å². The van der Waals surface area contributed by atoms with E-state index < -0.39 is 0 Å². The first-order valence-corrected chi connectivity index (χ1v) is 7.80. The maximum Gasteiger partial charge on any atom is 0.270 e. The molecule has 0 unspecified atom stereocenters. The fourth-order valence-electron chi connectivity index (χ4n) is 2.33. The van der Waals surface area contributed by atoms with Gasteiger partial charge in [-0.3, -0.25) is 9.78 Å². The number of hydrogen-bond donors (Lipinski definition) is 2. The van der Waals surface area contributed by atoms with Crippen molar-refractivity contribution in [1.82, 2.24) is 10.3 Å². The summed E-state index contributed by atoms with van der Waals surface area (Å²) in [6, 6.07) is 22.4. The molecule has 0 aliphatic rings. The molecule has 1 amide bonds. The highest BCUT2D eigenvalue weighted by molar-refractivity contribution is 5.93. The lowest BCUT2D eigenvalue weighted by molar-refractivity contribution is 0.0946. The molecule has 3 rings (SSSR count). The van der Waals surface area contributed by atoms with Gasteiger partial charge in [0, 0.05) is 24.1 Å². The van der Waals surface area contributed by atoms with Crippen molar-refractivity contribution < 1.29 is 4.79 Å². The number of benzene rings is 2. The Morgan fingerprint density at radius 2 is 1.80 bits per heavy atom. The summed E-state index contributed by atoms with van der Waals surface area (Å²) in [5.74, 6) is -0.238. The summed E-state index contributed by atoms with van der Waals surface area (Å²) in [6.07, 6.45) is 1.58. The molecule has 2 aromatic carbocycles. The molecule has 0 fully saturated rings. The fraction of sp³-hybridized carbons (Fsp3) is 0.0500. The van der Waals surface area contributed by atoms with E-state index in [4.69, 9.17) is 5.26 Å². The van der Waals surface area contributed by atoms with Gasteiger partial charge < -0.3 is 10.6 Å². The van der Waals surface area contributed by atoms with Crippen LogP contribution in [0.15, 0.2) is 72.9 Å². The molecule has 5 nitrogen and oxygen atoms in total. The minimum absolute atomic E-state index is 0.238. The van der Waals surface area contributed by atoms with Crippen LogP contribution >= 0.6 is 0 Å². The maximum absolute atomic E-state index is 12.3. The second-order valence-electron chi connectivity index (χ2n) is 5.42. The van der Waals surface area contributed by atoms with E-state index in [-0.39, 0.29) is 5.91 Å². The Labute approximate surface area is 146 Å². The van der Waals surface area contributed by atoms with Crippen LogP contribution in [0.4, 0.5) is 11.4 Å². The minimum atomic E-state index is -0.238. The Morgan fingerprint density at radius 1 is 1.00 bits per heavy atom. The third-order valence-electron chi connectivity index (χ3n) is 3.57. The van der Waals surface area contributed by atoms with Crippen molar-refractivity contribution in [2.75, 3.05) is 5.32 Å². The third-order valence-corrected chi connectivity index (χ3v) is 3.57. The van der Waals surface area contributed by atoms with E-state index in [1.807, 2.05) is 36.4 Å². The van der Waals surface area contributed by atoms with Crippen LogP contribution in [0.5, 0.6) is 0 Å². The molecule has 0 atom stereocenters. The smallest absolute Gasteiger partial charge is 0.270 e. The topological polar surface area (TPSA) is 77.8 Å². The number of anilines is 2. The first-order chi connectivity index (χ1) is 12.2. The van der Waals surface area contributed by atoms with E-state index in [1.165, 1.54) is 0 Å². The van der Waals surface area contributed by atoms with Gasteiger partial charge in [0.1, 0.15) is 5.69 Å². The third kappa shape index (κ3) is 4.43. The van der Waals surface area contributed by atoms with Gasteiger partial charge in [-0.1, -0.05) is 36.4 Å². The molecule has 25 heavy (non-hydrogen) atoms. The number of nitriles is 1. The molecular formula is C20H16N4O. The number of aromatic nitrogens is 1. The van der Waals surface area contributed by atoms with Crippen molar-refractivity contribution >= 4 is 17.3 Å². The Kier molecular flexibility index (Phi) is 5.03. The first-order valence-electron chi connectivity index (χ1n) is 7.80. The molecule has 0 aliphatic carbocycles. The Morgan fingerprint density at radius 3 is 2.60 bits per heavy atom. The number of nitrogens with one attached hydrogen (secondary N) is 2. The Hall–Kier alpha value is -3.65. The number of nitrogens with zero attached hydrogens (tertiary/aromatic N) is 2. The highest BCUT2D eigenvalue weighted by Gasteiger charge is 2.08. The lowest BCUT2D eigenvalue weighted by Crippen LogP contribution is -2.23. The number of pyridine rings is 1. The molecule has 3 aromatic rings. The van der Waals surface area contributed by atoms with E-state index in [0.717, 1.165) is 16.9 Å². The average Bonchev–Trinajstić information content (AvgIpc) is 2.67. The summed E-state index contributed by atoms with van der Waals surface area (Å²) < 4.78 is 0. The normalized spacial score (nSPS) is 9.88. The second-order valence-corrected chi connectivity index (χ2v) is 5.42. The van der Waals surface area contributed by atoms with Gasteiger partial charge >= 0.3 is 0 Å². The second kappa shape index (κ2) is 7.75. The van der Waals surface area contributed by atoms with Gasteiger partial charge in [-0.15, -0.1) is 0 Å². The van der Waals surface area contributed by atoms with Crippen LogP contribution in [0.1, 0.15) is 21.6 Å². The van der Waals surface area contributed by atoms with Gasteiger partial charge in [-0.2, -0.15) is 5.26 Å². The Bertz CT molecular complexity index is 916. The quantitative estimate of drug-likeness (QED) is 0.750. The van der Waals surface area contributed by atoms with E-state index in [2.05, 4.69) is 21.7 Å². The van der Waals surface area contributed by atoms with Crippen LogP contribution in [0.3, 0.4) is 0 Å². The summed E-state index contributed by atoms with van der Waals surface area (Å²) in [5, 5.41) is 15.0. The molecule has 0 saturated carbocycles. The maximum atomic E-state index is 12.3. The summed E-state index contributed by atoms with van der Waals surface area (Å²) in [6.45, 7) is 0.448. The van der Waals surface area contributed by atoms with Gasteiger partial charge in [0.15, 0.2) is 0 Å². The van der Waals surface area contributed by atoms with Crippen molar-refractivity contribution in [3.05, 3.63) is 89.7 Å². The summed E-state index contributed by atoms with van der Waals surface area (Å²) >= 11 is 0. The van der Waals surface area contributed by atoms with Crippen molar-refractivity contribution in [3.63, 3.8) is 0 Å². The lowest BCUT2D eigenvalue weighted by Gasteiger charge is -2.09. The molecule has 5 heteroatoms. The van der Waals surface area contributed by atoms with Crippen LogP contribution in [-0.4, -0.2) is 10.9 Å². The predicted octanol–water partition coefficient (Wildman–Crippen LogP) is 3.63. The largest absolute Gasteiger partial charge is 0.355 e. The molecule has 122 valence electrons. The van der Waals surface area contributed by atoms with Gasteiger partial charge in [-0.25, -0.2) is 0 Å². The minimum Gasteiger partial charge on any atom is -0.355 e. The molecule has 0 aliphatic heterocycles. The molecule has 0 bridgehead atoms.